The summed E-state index contributed by atoms with van der Waals surface area (Å²) in [6.45, 7) is 3.80. The summed E-state index contributed by atoms with van der Waals surface area (Å²) >= 11 is 0. The number of hydrogen-bond acceptors (Lipinski definition) is 6. The van der Waals surface area contributed by atoms with E-state index >= 15 is 0 Å². The molecule has 174 valence electrons. The number of ketones is 1. The van der Waals surface area contributed by atoms with Gasteiger partial charge in [0.25, 0.3) is 11.7 Å². The van der Waals surface area contributed by atoms with E-state index in [9.17, 15) is 19.8 Å². The maximum atomic E-state index is 13.4. The van der Waals surface area contributed by atoms with Gasteiger partial charge in [-0.05, 0) is 61.4 Å². The van der Waals surface area contributed by atoms with E-state index in [4.69, 9.17) is 9.47 Å². The zero-order valence-electron chi connectivity index (χ0n) is 19.3. The van der Waals surface area contributed by atoms with E-state index in [-0.39, 0.29) is 22.6 Å². The lowest BCUT2D eigenvalue weighted by Gasteiger charge is -2.27. The van der Waals surface area contributed by atoms with Crippen molar-refractivity contribution in [3.05, 3.63) is 88.5 Å². The van der Waals surface area contributed by atoms with Crippen molar-refractivity contribution in [3.8, 4) is 17.2 Å². The van der Waals surface area contributed by atoms with Crippen LogP contribution in [-0.4, -0.2) is 36.1 Å². The van der Waals surface area contributed by atoms with Crippen molar-refractivity contribution < 1.29 is 29.3 Å². The van der Waals surface area contributed by atoms with E-state index in [1.54, 1.807) is 36.4 Å². The highest BCUT2D eigenvalue weighted by Gasteiger charge is 2.47. The van der Waals surface area contributed by atoms with Gasteiger partial charge in [-0.15, -0.1) is 0 Å². The molecule has 1 aliphatic heterocycles. The Labute approximate surface area is 197 Å². The number of Topliss-reactive ketones (excluding diaryl/α,β-unsaturated/α-hetero) is 1. The van der Waals surface area contributed by atoms with Gasteiger partial charge in [0.2, 0.25) is 0 Å². The number of aromatic hydroxyl groups is 1. The number of carbonyl (C=O) groups is 2. The molecule has 0 aromatic heterocycles. The number of phenolic OH excluding ortho intramolecular Hbond substituents is 1. The highest BCUT2D eigenvalue weighted by Crippen LogP contribution is 2.44. The molecule has 34 heavy (non-hydrogen) atoms. The fraction of sp³-hybridized carbons (Fsp3) is 0.185. The van der Waals surface area contributed by atoms with Crippen molar-refractivity contribution in [1.29, 1.82) is 0 Å². The average molecular weight is 459 g/mol. The number of methoxy groups -OCH3 is 2. The summed E-state index contributed by atoms with van der Waals surface area (Å²) in [4.78, 5) is 28.1. The van der Waals surface area contributed by atoms with Crippen LogP contribution >= 0.6 is 0 Å². The van der Waals surface area contributed by atoms with Gasteiger partial charge in [0, 0.05) is 5.69 Å². The Morgan fingerprint density at radius 1 is 0.912 bits per heavy atom. The van der Waals surface area contributed by atoms with E-state index in [2.05, 4.69) is 0 Å². The number of ether oxygens (including phenoxy) is 2. The zero-order valence-corrected chi connectivity index (χ0v) is 19.3. The van der Waals surface area contributed by atoms with Crippen LogP contribution in [0, 0.1) is 13.8 Å². The monoisotopic (exact) mass is 459 g/mol. The minimum Gasteiger partial charge on any atom is -0.508 e. The maximum Gasteiger partial charge on any atom is 0.300 e. The van der Waals surface area contributed by atoms with Crippen molar-refractivity contribution in [1.82, 2.24) is 0 Å². The number of anilines is 1. The fourth-order valence-corrected chi connectivity index (χ4v) is 4.27. The average Bonchev–Trinajstić information content (AvgIpc) is 3.09. The van der Waals surface area contributed by atoms with Gasteiger partial charge in [-0.1, -0.05) is 29.8 Å². The van der Waals surface area contributed by atoms with Crippen molar-refractivity contribution in [3.63, 3.8) is 0 Å². The van der Waals surface area contributed by atoms with Crippen LogP contribution in [0.5, 0.6) is 17.2 Å². The summed E-state index contributed by atoms with van der Waals surface area (Å²) in [7, 11) is 2.94. The number of aliphatic hydroxyl groups excluding tert-OH is 1. The zero-order chi connectivity index (χ0) is 24.6. The van der Waals surface area contributed by atoms with Gasteiger partial charge in [0.15, 0.2) is 0 Å². The van der Waals surface area contributed by atoms with Gasteiger partial charge in [-0.2, -0.15) is 0 Å². The molecular weight excluding hydrogens is 434 g/mol. The lowest BCUT2D eigenvalue weighted by Crippen LogP contribution is -2.30. The number of carbonyl (C=O) groups excluding carboxylic acids is 2. The lowest BCUT2D eigenvalue weighted by molar-refractivity contribution is -0.132. The van der Waals surface area contributed by atoms with E-state index < -0.39 is 17.7 Å². The van der Waals surface area contributed by atoms with Crippen LogP contribution in [-0.2, 0) is 9.59 Å². The number of phenols is 1. The third kappa shape index (κ3) is 3.85. The first-order chi connectivity index (χ1) is 16.3. The van der Waals surface area contributed by atoms with Crippen LogP contribution in [0.15, 0.2) is 66.2 Å². The van der Waals surface area contributed by atoms with Gasteiger partial charge in [-0.25, -0.2) is 0 Å². The molecule has 3 aromatic carbocycles. The molecule has 1 saturated heterocycles. The Kier molecular flexibility index (Phi) is 6.03. The Balaban J connectivity index is 2.00. The molecule has 1 unspecified atom stereocenters. The minimum absolute atomic E-state index is 0.0432. The predicted molar refractivity (Wildman–Crippen MR) is 128 cm³/mol. The molecule has 4 rings (SSSR count). The van der Waals surface area contributed by atoms with Crippen molar-refractivity contribution in [2.45, 2.75) is 19.9 Å². The molecule has 3 aromatic rings. The number of aryl methyl sites for hydroxylation is 2. The summed E-state index contributed by atoms with van der Waals surface area (Å²) in [5.74, 6) is -1.14. The Morgan fingerprint density at radius 2 is 1.62 bits per heavy atom. The van der Waals surface area contributed by atoms with Crippen LogP contribution in [0.3, 0.4) is 0 Å². The predicted octanol–water partition coefficient (Wildman–Crippen LogP) is 4.65. The van der Waals surface area contributed by atoms with Gasteiger partial charge in [0.1, 0.15) is 23.0 Å². The van der Waals surface area contributed by atoms with Gasteiger partial charge in [0.05, 0.1) is 31.4 Å². The van der Waals surface area contributed by atoms with Gasteiger partial charge in [-0.3, -0.25) is 14.5 Å². The molecular formula is C27H25NO6. The smallest absolute Gasteiger partial charge is 0.300 e. The Hall–Kier alpha value is -4.26. The largest absolute Gasteiger partial charge is 0.508 e. The maximum absolute atomic E-state index is 13.4. The Morgan fingerprint density at radius 3 is 2.24 bits per heavy atom. The quantitative estimate of drug-likeness (QED) is 0.328. The van der Waals surface area contributed by atoms with E-state index in [0.29, 0.717) is 22.7 Å². The summed E-state index contributed by atoms with van der Waals surface area (Å²) in [6.07, 6.45) is 0. The van der Waals surface area contributed by atoms with Gasteiger partial charge < -0.3 is 19.7 Å². The summed E-state index contributed by atoms with van der Waals surface area (Å²) in [6, 6.07) is 15.7. The molecule has 0 radical (unpaired) electrons. The molecule has 1 aliphatic rings. The van der Waals surface area contributed by atoms with Crippen LogP contribution in [0.2, 0.25) is 0 Å². The molecule has 0 spiro atoms. The molecule has 7 heteroatoms. The third-order valence-electron chi connectivity index (χ3n) is 5.93. The highest BCUT2D eigenvalue weighted by atomic mass is 16.5. The SMILES string of the molecule is COc1ccc(OC)c(/C(O)=C2\C(=O)C(=O)N(c3ccc(C)cc3C)C2c2ccc(O)cc2)c1. The molecule has 7 nitrogen and oxygen atoms in total. The van der Waals surface area contributed by atoms with Crippen LogP contribution in [0.1, 0.15) is 28.3 Å². The minimum atomic E-state index is -0.919. The number of nitrogens with zero attached hydrogens (tertiary/aromatic N) is 1. The first kappa shape index (κ1) is 22.9. The lowest BCUT2D eigenvalue weighted by atomic mass is 9.94. The topological polar surface area (TPSA) is 96.3 Å². The highest BCUT2D eigenvalue weighted by molar-refractivity contribution is 6.51. The second-order valence-corrected chi connectivity index (χ2v) is 8.12. The molecule has 0 aliphatic carbocycles. The van der Waals surface area contributed by atoms with Crippen molar-refractivity contribution in [2.24, 2.45) is 0 Å². The van der Waals surface area contributed by atoms with Gasteiger partial charge >= 0.3 is 0 Å². The standard InChI is InChI=1S/C27H25NO6/c1-15-5-11-21(16(2)13-15)28-24(17-6-8-18(29)9-7-17)23(26(31)27(28)32)25(30)20-14-19(33-3)10-12-22(20)34-4/h5-14,24,29-30H,1-4H3/b25-23+. The molecule has 1 fully saturated rings. The number of benzene rings is 3. The molecule has 0 bridgehead atoms. The first-order valence-corrected chi connectivity index (χ1v) is 10.7. The molecule has 1 heterocycles. The second kappa shape index (κ2) is 8.94. The summed E-state index contributed by atoms with van der Waals surface area (Å²) in [5, 5.41) is 21.2. The Bertz CT molecular complexity index is 1310. The second-order valence-electron chi connectivity index (χ2n) is 8.12. The summed E-state index contributed by atoms with van der Waals surface area (Å²) in [5.41, 5.74) is 3.08. The summed E-state index contributed by atoms with van der Waals surface area (Å²) < 4.78 is 10.7. The van der Waals surface area contributed by atoms with Crippen LogP contribution < -0.4 is 14.4 Å². The van der Waals surface area contributed by atoms with Crippen LogP contribution in [0.4, 0.5) is 5.69 Å². The fourth-order valence-electron chi connectivity index (χ4n) is 4.27. The number of hydrogen-bond donors (Lipinski definition) is 2. The van der Waals surface area contributed by atoms with E-state index in [1.165, 1.54) is 31.3 Å². The molecule has 1 amide bonds. The number of amides is 1. The van der Waals surface area contributed by atoms with Crippen LogP contribution in [0.25, 0.3) is 5.76 Å². The molecule has 0 saturated carbocycles. The third-order valence-corrected chi connectivity index (χ3v) is 5.93. The van der Waals surface area contributed by atoms with Crippen molar-refractivity contribution in [2.75, 3.05) is 19.1 Å². The molecule has 1 atom stereocenters. The van der Waals surface area contributed by atoms with E-state index in [0.717, 1.165) is 11.1 Å². The first-order valence-electron chi connectivity index (χ1n) is 10.7. The number of aliphatic hydroxyl groups is 1. The van der Waals surface area contributed by atoms with Crippen molar-refractivity contribution >= 4 is 23.1 Å². The normalized spacial score (nSPS) is 17.2. The number of rotatable bonds is 5. The molecule has 2 N–H and O–H groups in total. The van der Waals surface area contributed by atoms with E-state index in [1.807, 2.05) is 26.0 Å².